The van der Waals surface area contributed by atoms with Crippen molar-refractivity contribution in [1.29, 1.82) is 0 Å². The molecule has 0 spiro atoms. The van der Waals surface area contributed by atoms with Crippen molar-refractivity contribution < 1.29 is 4.74 Å². The van der Waals surface area contributed by atoms with E-state index < -0.39 is 0 Å². The number of aromatic nitrogens is 2. The molecule has 0 radical (unpaired) electrons. The Morgan fingerprint density at radius 1 is 1.33 bits per heavy atom. The van der Waals surface area contributed by atoms with Crippen LogP contribution in [0, 0.1) is 0 Å². The summed E-state index contributed by atoms with van der Waals surface area (Å²) in [7, 11) is 0. The molecule has 1 atom stereocenters. The molecule has 4 heteroatoms. The van der Waals surface area contributed by atoms with Gasteiger partial charge in [-0.3, -0.25) is 9.97 Å². The Labute approximate surface area is 106 Å². The summed E-state index contributed by atoms with van der Waals surface area (Å²) < 4.78 is 5.82. The second kappa shape index (κ2) is 4.74. The van der Waals surface area contributed by atoms with Gasteiger partial charge in [-0.15, -0.1) is 0 Å². The van der Waals surface area contributed by atoms with Crippen LogP contribution in [0.15, 0.2) is 36.8 Å². The predicted molar refractivity (Wildman–Crippen MR) is 69.4 cm³/mol. The van der Waals surface area contributed by atoms with E-state index in [4.69, 9.17) is 10.5 Å². The van der Waals surface area contributed by atoms with E-state index in [-0.39, 0.29) is 0 Å². The molecule has 0 aliphatic carbocycles. The van der Waals surface area contributed by atoms with Gasteiger partial charge in [-0.2, -0.15) is 0 Å². The van der Waals surface area contributed by atoms with Crippen LogP contribution in [0.4, 0.5) is 0 Å². The molecule has 1 aliphatic heterocycles. The monoisotopic (exact) mass is 241 g/mol. The molecular weight excluding hydrogens is 226 g/mol. The van der Waals surface area contributed by atoms with Crippen molar-refractivity contribution in [3.05, 3.63) is 42.4 Å². The van der Waals surface area contributed by atoms with Crippen LogP contribution >= 0.6 is 0 Å². The second-order valence-electron chi connectivity index (χ2n) is 4.38. The van der Waals surface area contributed by atoms with Crippen molar-refractivity contribution in [3.63, 3.8) is 0 Å². The summed E-state index contributed by atoms with van der Waals surface area (Å²) in [5.74, 6) is 1.30. The maximum Gasteiger partial charge on any atom is 0.132 e. The Kier molecular flexibility index (Phi) is 2.94. The van der Waals surface area contributed by atoms with Crippen molar-refractivity contribution in [2.45, 2.75) is 12.3 Å². The summed E-state index contributed by atoms with van der Waals surface area (Å²) in [6, 6.07) is 6.13. The molecule has 2 heterocycles. The fourth-order valence-corrected chi connectivity index (χ4v) is 2.38. The van der Waals surface area contributed by atoms with E-state index >= 15 is 0 Å². The molecule has 18 heavy (non-hydrogen) atoms. The number of para-hydroxylation sites is 1. The van der Waals surface area contributed by atoms with Gasteiger partial charge in [0.15, 0.2) is 0 Å². The summed E-state index contributed by atoms with van der Waals surface area (Å²) in [5, 5.41) is 0. The lowest BCUT2D eigenvalue weighted by atomic mass is 9.91. The molecule has 2 aromatic rings. The molecule has 3 rings (SSSR count). The standard InChI is InChI=1S/C14H15N3O/c15-8-10-4-7-18-14-11(10)2-1-3-12(14)13-9-16-5-6-17-13/h1-3,5-6,9-10H,4,7-8,15H2/t10-/m0/s1. The summed E-state index contributed by atoms with van der Waals surface area (Å²) >= 11 is 0. The smallest absolute Gasteiger partial charge is 0.132 e. The highest BCUT2D eigenvalue weighted by molar-refractivity contribution is 5.69. The third-order valence-corrected chi connectivity index (χ3v) is 3.32. The van der Waals surface area contributed by atoms with Gasteiger partial charge in [-0.25, -0.2) is 0 Å². The molecule has 0 unspecified atom stereocenters. The maximum absolute atomic E-state index is 5.82. The number of nitrogens with two attached hydrogens (primary N) is 1. The fraction of sp³-hybridized carbons (Fsp3) is 0.286. The molecule has 0 amide bonds. The van der Waals surface area contributed by atoms with Gasteiger partial charge in [0.2, 0.25) is 0 Å². The Morgan fingerprint density at radius 3 is 3.06 bits per heavy atom. The van der Waals surface area contributed by atoms with Crippen LogP contribution in [0.3, 0.4) is 0 Å². The van der Waals surface area contributed by atoms with Gasteiger partial charge in [-0.1, -0.05) is 12.1 Å². The fourth-order valence-electron chi connectivity index (χ4n) is 2.38. The van der Waals surface area contributed by atoms with Gasteiger partial charge in [0.05, 0.1) is 18.5 Å². The Balaban J connectivity index is 2.12. The first-order valence-corrected chi connectivity index (χ1v) is 6.12. The molecule has 0 fully saturated rings. The van der Waals surface area contributed by atoms with Crippen LogP contribution in [-0.4, -0.2) is 23.1 Å². The quantitative estimate of drug-likeness (QED) is 0.873. The molecule has 1 aromatic carbocycles. The molecule has 2 N–H and O–H groups in total. The number of hydrogen-bond donors (Lipinski definition) is 1. The van der Waals surface area contributed by atoms with E-state index in [2.05, 4.69) is 16.0 Å². The third-order valence-electron chi connectivity index (χ3n) is 3.32. The number of rotatable bonds is 2. The van der Waals surface area contributed by atoms with Crippen molar-refractivity contribution in [2.24, 2.45) is 5.73 Å². The van der Waals surface area contributed by atoms with Gasteiger partial charge in [0, 0.05) is 23.9 Å². The second-order valence-corrected chi connectivity index (χ2v) is 4.38. The molecule has 92 valence electrons. The summed E-state index contributed by atoms with van der Waals surface area (Å²) in [6.45, 7) is 1.37. The van der Waals surface area contributed by atoms with E-state index in [1.54, 1.807) is 18.6 Å². The van der Waals surface area contributed by atoms with E-state index in [1.807, 2.05) is 12.1 Å². The number of nitrogens with zero attached hydrogens (tertiary/aromatic N) is 2. The normalized spacial score (nSPS) is 17.9. The molecule has 1 aromatic heterocycles. The van der Waals surface area contributed by atoms with Gasteiger partial charge in [0.1, 0.15) is 5.75 Å². The number of hydrogen-bond acceptors (Lipinski definition) is 4. The topological polar surface area (TPSA) is 61.0 Å². The molecule has 1 aliphatic rings. The van der Waals surface area contributed by atoms with Crippen molar-refractivity contribution in [2.75, 3.05) is 13.2 Å². The van der Waals surface area contributed by atoms with Gasteiger partial charge < -0.3 is 10.5 Å². The maximum atomic E-state index is 5.82. The molecule has 4 nitrogen and oxygen atoms in total. The van der Waals surface area contributed by atoms with E-state index in [9.17, 15) is 0 Å². The zero-order chi connectivity index (χ0) is 12.4. The molecule has 0 saturated carbocycles. The highest BCUT2D eigenvalue weighted by Crippen LogP contribution is 2.39. The van der Waals surface area contributed by atoms with Crippen molar-refractivity contribution in [1.82, 2.24) is 9.97 Å². The number of fused-ring (bicyclic) bond motifs is 1. The van der Waals surface area contributed by atoms with Gasteiger partial charge in [-0.05, 0) is 24.6 Å². The van der Waals surface area contributed by atoms with Crippen LogP contribution in [-0.2, 0) is 0 Å². The Morgan fingerprint density at radius 2 is 2.28 bits per heavy atom. The highest BCUT2D eigenvalue weighted by Gasteiger charge is 2.23. The predicted octanol–water partition coefficient (Wildman–Crippen LogP) is 1.97. The number of ether oxygens (including phenoxy) is 1. The van der Waals surface area contributed by atoms with Crippen LogP contribution in [0.5, 0.6) is 5.75 Å². The number of benzene rings is 1. The first kappa shape index (κ1) is 11.2. The lowest BCUT2D eigenvalue weighted by Gasteiger charge is -2.26. The van der Waals surface area contributed by atoms with Crippen LogP contribution < -0.4 is 10.5 Å². The van der Waals surface area contributed by atoms with Crippen LogP contribution in [0.2, 0.25) is 0 Å². The van der Waals surface area contributed by atoms with Crippen LogP contribution in [0.25, 0.3) is 11.3 Å². The van der Waals surface area contributed by atoms with Crippen LogP contribution in [0.1, 0.15) is 17.9 Å². The summed E-state index contributed by atoms with van der Waals surface area (Å²) in [5.41, 5.74) is 8.85. The lowest BCUT2D eigenvalue weighted by Crippen LogP contribution is -2.21. The van der Waals surface area contributed by atoms with Crippen molar-refractivity contribution >= 4 is 0 Å². The van der Waals surface area contributed by atoms with Gasteiger partial charge in [0.25, 0.3) is 0 Å². The summed E-state index contributed by atoms with van der Waals surface area (Å²) in [4.78, 5) is 8.44. The molecule has 0 saturated heterocycles. The minimum atomic E-state index is 0.380. The SMILES string of the molecule is NC[C@@H]1CCOc2c(-c3cnccn3)cccc21. The largest absolute Gasteiger partial charge is 0.493 e. The van der Waals surface area contributed by atoms with E-state index in [1.165, 1.54) is 5.56 Å². The summed E-state index contributed by atoms with van der Waals surface area (Å²) in [6.07, 6.45) is 6.10. The zero-order valence-corrected chi connectivity index (χ0v) is 10.0. The van der Waals surface area contributed by atoms with Crippen molar-refractivity contribution in [3.8, 4) is 17.0 Å². The first-order chi connectivity index (χ1) is 8.90. The highest BCUT2D eigenvalue weighted by atomic mass is 16.5. The minimum Gasteiger partial charge on any atom is -0.493 e. The molecule has 0 bridgehead atoms. The van der Waals surface area contributed by atoms with E-state index in [0.717, 1.165) is 23.4 Å². The Hall–Kier alpha value is -1.94. The molecular formula is C14H15N3O. The zero-order valence-electron chi connectivity index (χ0n) is 10.0. The third kappa shape index (κ3) is 1.84. The first-order valence-electron chi connectivity index (χ1n) is 6.12. The van der Waals surface area contributed by atoms with E-state index in [0.29, 0.717) is 19.1 Å². The minimum absolute atomic E-state index is 0.380. The lowest BCUT2D eigenvalue weighted by molar-refractivity contribution is 0.270. The van der Waals surface area contributed by atoms with Gasteiger partial charge >= 0.3 is 0 Å². The average molecular weight is 241 g/mol. The average Bonchev–Trinajstić information content (AvgIpc) is 2.47. The Bertz CT molecular complexity index is 542.